The number of carbonyl (C=O) groups is 2. The third-order valence-corrected chi connectivity index (χ3v) is 4.35. The Morgan fingerprint density at radius 3 is 2.80 bits per heavy atom. The summed E-state index contributed by atoms with van der Waals surface area (Å²) in [5, 5.41) is 3.28. The summed E-state index contributed by atoms with van der Waals surface area (Å²) in [5.41, 5.74) is 2.28. The second kappa shape index (κ2) is 7.15. The van der Waals surface area contributed by atoms with Crippen molar-refractivity contribution in [1.29, 1.82) is 0 Å². The van der Waals surface area contributed by atoms with E-state index in [1.165, 1.54) is 0 Å². The summed E-state index contributed by atoms with van der Waals surface area (Å²) >= 11 is 6.14. The van der Waals surface area contributed by atoms with Gasteiger partial charge in [-0.15, -0.1) is 0 Å². The Kier molecular flexibility index (Phi) is 4.95. The number of amides is 2. The Hall–Kier alpha value is -2.53. The van der Waals surface area contributed by atoms with Crippen LogP contribution in [0.2, 0.25) is 5.02 Å². The molecule has 0 saturated heterocycles. The Morgan fingerprint density at radius 1 is 1.28 bits per heavy atom. The summed E-state index contributed by atoms with van der Waals surface area (Å²) in [4.78, 5) is 26.2. The average molecular weight is 359 g/mol. The largest absolute Gasteiger partial charge is 0.479 e. The highest BCUT2D eigenvalue weighted by molar-refractivity contribution is 6.33. The molecule has 25 heavy (non-hydrogen) atoms. The summed E-state index contributed by atoms with van der Waals surface area (Å²) < 4.78 is 5.59. The van der Waals surface area contributed by atoms with Crippen LogP contribution in [0.25, 0.3) is 0 Å². The summed E-state index contributed by atoms with van der Waals surface area (Å²) in [5.74, 6) is 0.298. The number of rotatable bonds is 4. The van der Waals surface area contributed by atoms with Crippen molar-refractivity contribution < 1.29 is 14.3 Å². The number of hydrogen-bond donors (Lipinski definition) is 1. The minimum absolute atomic E-state index is 0.153. The van der Waals surface area contributed by atoms with Crippen LogP contribution in [-0.4, -0.2) is 24.5 Å². The van der Waals surface area contributed by atoms with Crippen LogP contribution in [0.15, 0.2) is 42.5 Å². The zero-order valence-corrected chi connectivity index (χ0v) is 14.8. The van der Waals surface area contributed by atoms with E-state index in [4.69, 9.17) is 16.3 Å². The molecule has 0 spiro atoms. The summed E-state index contributed by atoms with van der Waals surface area (Å²) in [6.45, 7) is 3.91. The molecule has 0 aromatic heterocycles. The van der Waals surface area contributed by atoms with Crippen LogP contribution in [0.4, 0.5) is 11.4 Å². The molecule has 0 unspecified atom stereocenters. The van der Waals surface area contributed by atoms with Crippen molar-refractivity contribution in [2.24, 2.45) is 0 Å². The second-order valence-corrected chi connectivity index (χ2v) is 6.41. The molecule has 1 atom stereocenters. The third-order valence-electron chi connectivity index (χ3n) is 4.03. The number of anilines is 2. The zero-order chi connectivity index (χ0) is 18.0. The molecular formula is C19H19ClN2O3. The molecule has 1 aliphatic heterocycles. The van der Waals surface area contributed by atoms with Gasteiger partial charge in [0.2, 0.25) is 5.91 Å². The number of halogens is 1. The van der Waals surface area contributed by atoms with Crippen LogP contribution >= 0.6 is 11.6 Å². The summed E-state index contributed by atoms with van der Waals surface area (Å²) in [6.07, 6.45) is -0.402. The van der Waals surface area contributed by atoms with Crippen molar-refractivity contribution in [2.45, 2.75) is 26.4 Å². The molecule has 0 radical (unpaired) electrons. The van der Waals surface area contributed by atoms with Crippen molar-refractivity contribution >= 4 is 34.8 Å². The van der Waals surface area contributed by atoms with Gasteiger partial charge in [0.1, 0.15) is 5.75 Å². The topological polar surface area (TPSA) is 58.6 Å². The van der Waals surface area contributed by atoms with E-state index in [1.54, 1.807) is 24.0 Å². The van der Waals surface area contributed by atoms with Crippen molar-refractivity contribution in [3.8, 4) is 5.75 Å². The molecule has 2 aromatic carbocycles. The van der Waals surface area contributed by atoms with E-state index in [2.05, 4.69) is 5.32 Å². The van der Waals surface area contributed by atoms with E-state index in [0.717, 1.165) is 5.56 Å². The molecule has 2 amide bonds. The first-order valence-electron chi connectivity index (χ1n) is 8.09. The lowest BCUT2D eigenvalue weighted by Gasteiger charge is -2.32. The van der Waals surface area contributed by atoms with E-state index in [9.17, 15) is 9.59 Å². The fourth-order valence-corrected chi connectivity index (χ4v) is 3.02. The average Bonchev–Trinajstić information content (AvgIpc) is 2.58. The van der Waals surface area contributed by atoms with Crippen molar-refractivity contribution in [1.82, 2.24) is 0 Å². The Morgan fingerprint density at radius 2 is 2.04 bits per heavy atom. The van der Waals surface area contributed by atoms with Crippen LogP contribution in [0.3, 0.4) is 0 Å². The number of fused-ring (bicyclic) bond motifs is 1. The van der Waals surface area contributed by atoms with Crippen molar-refractivity contribution in [2.75, 3.05) is 16.8 Å². The van der Waals surface area contributed by atoms with Crippen LogP contribution in [-0.2, 0) is 9.59 Å². The minimum Gasteiger partial charge on any atom is -0.479 e. The van der Waals surface area contributed by atoms with Crippen molar-refractivity contribution in [3.05, 3.63) is 53.1 Å². The van der Waals surface area contributed by atoms with Gasteiger partial charge in [-0.05, 0) is 43.7 Å². The highest BCUT2D eigenvalue weighted by Crippen LogP contribution is 2.33. The molecule has 5 nitrogen and oxygen atoms in total. The first-order chi connectivity index (χ1) is 12.0. The lowest BCUT2D eigenvalue weighted by molar-refractivity contribution is -0.125. The van der Waals surface area contributed by atoms with E-state index < -0.39 is 6.10 Å². The normalized spacial score (nSPS) is 16.2. The number of para-hydroxylation sites is 2. The molecule has 1 heterocycles. The van der Waals surface area contributed by atoms with Crippen LogP contribution in [0.5, 0.6) is 5.75 Å². The second-order valence-electron chi connectivity index (χ2n) is 6.00. The minimum atomic E-state index is -0.565. The SMILES string of the molecule is Cc1ccc(NC(=O)CCN2C(=O)[C@@H](C)Oc3ccccc32)c(Cl)c1. The van der Waals surface area contributed by atoms with Crippen LogP contribution < -0.4 is 15.0 Å². The molecule has 0 saturated carbocycles. The number of carbonyl (C=O) groups excluding carboxylic acids is 2. The molecule has 0 fully saturated rings. The molecule has 0 aliphatic carbocycles. The summed E-state index contributed by atoms with van der Waals surface area (Å²) in [7, 11) is 0. The van der Waals surface area contributed by atoms with Crippen molar-refractivity contribution in [3.63, 3.8) is 0 Å². The standard InChI is InChI=1S/C19H19ClN2O3/c1-12-7-8-15(14(20)11-12)21-18(23)9-10-22-16-5-3-4-6-17(16)25-13(2)19(22)24/h3-8,11,13H,9-10H2,1-2H3,(H,21,23)/t13-/m1/s1. The van der Waals surface area contributed by atoms with Gasteiger partial charge in [0, 0.05) is 13.0 Å². The molecular weight excluding hydrogens is 340 g/mol. The first-order valence-corrected chi connectivity index (χ1v) is 8.46. The summed E-state index contributed by atoms with van der Waals surface area (Å²) in [6, 6.07) is 12.8. The highest BCUT2D eigenvalue weighted by atomic mass is 35.5. The quantitative estimate of drug-likeness (QED) is 0.904. The Labute approximate surface area is 151 Å². The molecule has 0 bridgehead atoms. The molecule has 130 valence electrons. The van der Waals surface area contributed by atoms with E-state index in [-0.39, 0.29) is 24.8 Å². The van der Waals surface area contributed by atoms with E-state index >= 15 is 0 Å². The van der Waals surface area contributed by atoms with Crippen LogP contribution in [0, 0.1) is 6.92 Å². The molecule has 3 rings (SSSR count). The fraction of sp³-hybridized carbons (Fsp3) is 0.263. The molecule has 6 heteroatoms. The van der Waals surface area contributed by atoms with Gasteiger partial charge in [0.25, 0.3) is 5.91 Å². The number of benzene rings is 2. The number of aryl methyl sites for hydroxylation is 1. The van der Waals surface area contributed by atoms with Gasteiger partial charge in [-0.3, -0.25) is 9.59 Å². The van der Waals surface area contributed by atoms with Gasteiger partial charge >= 0.3 is 0 Å². The van der Waals surface area contributed by atoms with E-state index in [1.807, 2.05) is 37.3 Å². The highest BCUT2D eigenvalue weighted by Gasteiger charge is 2.31. The first kappa shape index (κ1) is 17.3. The zero-order valence-electron chi connectivity index (χ0n) is 14.1. The molecule has 1 N–H and O–H groups in total. The maximum absolute atomic E-state index is 12.4. The van der Waals surface area contributed by atoms with Gasteiger partial charge in [0.15, 0.2) is 6.10 Å². The maximum Gasteiger partial charge on any atom is 0.267 e. The van der Waals surface area contributed by atoms with Crippen LogP contribution in [0.1, 0.15) is 18.9 Å². The molecule has 2 aromatic rings. The lowest BCUT2D eigenvalue weighted by Crippen LogP contribution is -2.45. The van der Waals surface area contributed by atoms with Gasteiger partial charge < -0.3 is 15.0 Å². The van der Waals surface area contributed by atoms with Gasteiger partial charge in [-0.25, -0.2) is 0 Å². The Balaban J connectivity index is 1.68. The number of ether oxygens (including phenoxy) is 1. The van der Waals surface area contributed by atoms with Gasteiger partial charge in [-0.1, -0.05) is 29.8 Å². The fourth-order valence-electron chi connectivity index (χ4n) is 2.74. The Bertz CT molecular complexity index is 822. The van der Waals surface area contributed by atoms with Gasteiger partial charge in [0.05, 0.1) is 16.4 Å². The van der Waals surface area contributed by atoms with Gasteiger partial charge in [-0.2, -0.15) is 0 Å². The molecule has 1 aliphatic rings. The monoisotopic (exact) mass is 358 g/mol. The number of nitrogens with one attached hydrogen (secondary N) is 1. The maximum atomic E-state index is 12.4. The predicted molar refractivity (Wildman–Crippen MR) is 98.3 cm³/mol. The smallest absolute Gasteiger partial charge is 0.267 e. The number of nitrogens with zero attached hydrogens (tertiary/aromatic N) is 1. The number of hydrogen-bond acceptors (Lipinski definition) is 3. The predicted octanol–water partition coefficient (Wildman–Crippen LogP) is 3.79. The van der Waals surface area contributed by atoms with E-state index in [0.29, 0.717) is 22.1 Å². The lowest BCUT2D eigenvalue weighted by atomic mass is 10.1. The third kappa shape index (κ3) is 3.77.